The molecule has 1 N–H and O–H groups in total. The van der Waals surface area contributed by atoms with Crippen molar-refractivity contribution in [1.82, 2.24) is 0 Å². The molecule has 4 heteroatoms. The summed E-state index contributed by atoms with van der Waals surface area (Å²) in [7, 11) is -3.07. The van der Waals surface area contributed by atoms with Gasteiger partial charge in [0.25, 0.3) is 0 Å². The fourth-order valence-electron chi connectivity index (χ4n) is 1.42. The molecule has 0 saturated heterocycles. The van der Waals surface area contributed by atoms with Gasteiger partial charge in [-0.25, -0.2) is 8.42 Å². The Bertz CT molecular complexity index is 241. The molecule has 1 rings (SSSR count). The zero-order valence-electron chi connectivity index (χ0n) is 7.53. The van der Waals surface area contributed by atoms with Crippen LogP contribution in [0, 0.1) is 5.92 Å². The van der Waals surface area contributed by atoms with Crippen molar-refractivity contribution in [2.24, 2.45) is 5.92 Å². The average molecular weight is 192 g/mol. The molecule has 2 atom stereocenters. The molecule has 3 nitrogen and oxygen atoms in total. The maximum absolute atomic E-state index is 11.1. The van der Waals surface area contributed by atoms with E-state index in [9.17, 15) is 13.5 Å². The van der Waals surface area contributed by atoms with Crippen molar-refractivity contribution in [2.75, 3.05) is 6.26 Å². The Morgan fingerprint density at radius 2 is 1.92 bits per heavy atom. The van der Waals surface area contributed by atoms with Crippen molar-refractivity contribution in [3.63, 3.8) is 0 Å². The number of aliphatic hydroxyl groups excluding tert-OH is 1. The van der Waals surface area contributed by atoms with Crippen molar-refractivity contribution in [3.05, 3.63) is 0 Å². The maximum Gasteiger partial charge on any atom is 0.152 e. The summed E-state index contributed by atoms with van der Waals surface area (Å²) in [6.07, 6.45) is 3.59. The molecule has 1 saturated carbocycles. The van der Waals surface area contributed by atoms with Crippen LogP contribution in [0.1, 0.15) is 26.2 Å². The first-order valence-corrected chi connectivity index (χ1v) is 6.25. The summed E-state index contributed by atoms with van der Waals surface area (Å²) in [4.78, 5) is 0. The Morgan fingerprint density at radius 3 is 2.17 bits per heavy atom. The van der Waals surface area contributed by atoms with E-state index in [1.54, 1.807) is 6.92 Å². The highest BCUT2D eigenvalue weighted by Crippen LogP contribution is 2.32. The van der Waals surface area contributed by atoms with Crippen molar-refractivity contribution in [3.8, 4) is 0 Å². The molecular formula is C8H16O3S. The number of sulfone groups is 1. The van der Waals surface area contributed by atoms with Gasteiger partial charge in [-0.1, -0.05) is 6.42 Å². The molecular weight excluding hydrogens is 176 g/mol. The monoisotopic (exact) mass is 192 g/mol. The lowest BCUT2D eigenvalue weighted by Crippen LogP contribution is -2.39. The van der Waals surface area contributed by atoms with Gasteiger partial charge >= 0.3 is 0 Å². The van der Waals surface area contributed by atoms with Crippen LogP contribution in [0.25, 0.3) is 0 Å². The molecule has 0 aromatic carbocycles. The van der Waals surface area contributed by atoms with E-state index < -0.39 is 21.2 Å². The minimum absolute atomic E-state index is 0.217. The Hall–Kier alpha value is -0.0900. The van der Waals surface area contributed by atoms with Crippen LogP contribution in [0.3, 0.4) is 0 Å². The summed E-state index contributed by atoms with van der Waals surface area (Å²) in [5.41, 5.74) is 0. The second-order valence-corrected chi connectivity index (χ2v) is 6.12. The molecule has 72 valence electrons. The Balaban J connectivity index is 2.57. The quantitative estimate of drug-likeness (QED) is 0.711. The standard InChI is InChI=1S/C8H16O3S/c1-6(12(2,10)11)8(9)7-4-3-5-7/h6-9H,3-5H2,1-2H3. The summed E-state index contributed by atoms with van der Waals surface area (Å²) in [6.45, 7) is 1.58. The predicted octanol–water partition coefficient (Wildman–Crippen LogP) is 0.581. The fraction of sp³-hybridized carbons (Fsp3) is 1.00. The van der Waals surface area contributed by atoms with Crippen LogP contribution >= 0.6 is 0 Å². The lowest BCUT2D eigenvalue weighted by Gasteiger charge is -2.32. The molecule has 0 bridgehead atoms. The van der Waals surface area contributed by atoms with Crippen LogP contribution in [0.4, 0.5) is 0 Å². The first-order valence-electron chi connectivity index (χ1n) is 4.30. The Morgan fingerprint density at radius 1 is 1.42 bits per heavy atom. The number of aliphatic hydroxyl groups is 1. The van der Waals surface area contributed by atoms with Crippen LogP contribution in [-0.2, 0) is 9.84 Å². The smallest absolute Gasteiger partial charge is 0.152 e. The molecule has 1 aliphatic rings. The summed E-state index contributed by atoms with van der Waals surface area (Å²) < 4.78 is 22.1. The second-order valence-electron chi connectivity index (χ2n) is 3.72. The van der Waals surface area contributed by atoms with Gasteiger partial charge in [0, 0.05) is 6.26 Å². The molecule has 0 aromatic rings. The lowest BCUT2D eigenvalue weighted by molar-refractivity contribution is 0.0622. The third-order valence-electron chi connectivity index (χ3n) is 2.79. The van der Waals surface area contributed by atoms with Crippen molar-refractivity contribution >= 4 is 9.84 Å². The topological polar surface area (TPSA) is 54.4 Å². The second kappa shape index (κ2) is 3.34. The van der Waals surface area contributed by atoms with E-state index >= 15 is 0 Å². The van der Waals surface area contributed by atoms with E-state index in [0.717, 1.165) is 19.3 Å². The largest absolute Gasteiger partial charge is 0.392 e. The molecule has 0 aromatic heterocycles. The van der Waals surface area contributed by atoms with Gasteiger partial charge in [-0.2, -0.15) is 0 Å². The van der Waals surface area contributed by atoms with E-state index in [1.807, 2.05) is 0 Å². The number of hydrogen-bond acceptors (Lipinski definition) is 3. The zero-order valence-corrected chi connectivity index (χ0v) is 8.34. The maximum atomic E-state index is 11.1. The minimum Gasteiger partial charge on any atom is -0.392 e. The fourth-order valence-corrected chi connectivity index (χ4v) is 2.15. The van der Waals surface area contributed by atoms with Crippen molar-refractivity contribution in [2.45, 2.75) is 37.5 Å². The van der Waals surface area contributed by atoms with Gasteiger partial charge in [0.2, 0.25) is 0 Å². The van der Waals surface area contributed by atoms with E-state index in [2.05, 4.69) is 0 Å². The number of rotatable bonds is 3. The third-order valence-corrected chi connectivity index (χ3v) is 4.42. The van der Waals surface area contributed by atoms with E-state index in [1.165, 1.54) is 6.26 Å². The summed E-state index contributed by atoms with van der Waals surface area (Å²) in [6, 6.07) is 0. The van der Waals surface area contributed by atoms with Gasteiger partial charge in [0.15, 0.2) is 9.84 Å². The lowest BCUT2D eigenvalue weighted by atomic mass is 9.80. The van der Waals surface area contributed by atoms with Crippen LogP contribution in [0.5, 0.6) is 0 Å². The van der Waals surface area contributed by atoms with Crippen LogP contribution in [0.2, 0.25) is 0 Å². The molecule has 0 amide bonds. The molecule has 0 radical (unpaired) electrons. The Kier molecular flexibility index (Phi) is 2.78. The molecule has 1 aliphatic carbocycles. The highest BCUT2D eigenvalue weighted by molar-refractivity contribution is 7.91. The molecule has 1 fully saturated rings. The zero-order chi connectivity index (χ0) is 9.35. The normalized spacial score (nSPS) is 24.6. The van der Waals surface area contributed by atoms with Crippen LogP contribution in [-0.4, -0.2) is 31.1 Å². The molecule has 12 heavy (non-hydrogen) atoms. The molecule has 0 aliphatic heterocycles. The highest BCUT2D eigenvalue weighted by Gasteiger charge is 2.33. The van der Waals surface area contributed by atoms with E-state index in [4.69, 9.17) is 0 Å². The van der Waals surface area contributed by atoms with Gasteiger partial charge in [0.1, 0.15) is 0 Å². The van der Waals surface area contributed by atoms with Crippen LogP contribution in [0.15, 0.2) is 0 Å². The van der Waals surface area contributed by atoms with Gasteiger partial charge in [-0.05, 0) is 25.7 Å². The first kappa shape index (κ1) is 9.99. The van der Waals surface area contributed by atoms with Gasteiger partial charge in [-0.3, -0.25) is 0 Å². The summed E-state index contributed by atoms with van der Waals surface area (Å²) in [5, 5.41) is 8.99. The summed E-state index contributed by atoms with van der Waals surface area (Å²) >= 11 is 0. The van der Waals surface area contributed by atoms with Crippen molar-refractivity contribution in [1.29, 1.82) is 0 Å². The summed E-state index contributed by atoms with van der Waals surface area (Å²) in [5.74, 6) is 0.217. The van der Waals surface area contributed by atoms with Gasteiger partial charge in [-0.15, -0.1) is 0 Å². The van der Waals surface area contributed by atoms with Gasteiger partial charge < -0.3 is 5.11 Å². The van der Waals surface area contributed by atoms with Crippen LogP contribution < -0.4 is 0 Å². The van der Waals surface area contributed by atoms with Gasteiger partial charge in [0.05, 0.1) is 11.4 Å². The molecule has 0 spiro atoms. The van der Waals surface area contributed by atoms with E-state index in [-0.39, 0.29) is 5.92 Å². The average Bonchev–Trinajstić information content (AvgIpc) is 1.79. The third kappa shape index (κ3) is 1.98. The van der Waals surface area contributed by atoms with Crippen molar-refractivity contribution < 1.29 is 13.5 Å². The SMILES string of the molecule is CC(C(O)C1CCC1)S(C)(=O)=O. The Labute approximate surface area is 73.7 Å². The molecule has 0 heterocycles. The molecule has 2 unspecified atom stereocenters. The minimum atomic E-state index is -3.07. The predicted molar refractivity (Wildman–Crippen MR) is 47.7 cm³/mol. The first-order chi connectivity index (χ1) is 5.43. The highest BCUT2D eigenvalue weighted by atomic mass is 32.2. The number of hydrogen-bond donors (Lipinski definition) is 1. The van der Waals surface area contributed by atoms with E-state index in [0.29, 0.717) is 0 Å².